The van der Waals surface area contributed by atoms with Crippen LogP contribution in [0.1, 0.15) is 50.7 Å². The highest BCUT2D eigenvalue weighted by molar-refractivity contribution is 7.86. The topological polar surface area (TPSA) is 37.3 Å². The van der Waals surface area contributed by atoms with Crippen LogP contribution in [-0.2, 0) is 22.8 Å². The van der Waals surface area contributed by atoms with Gasteiger partial charge in [0.25, 0.3) is 0 Å². The second-order valence-electron chi connectivity index (χ2n) is 6.88. The molecule has 2 aliphatic rings. The van der Waals surface area contributed by atoms with Crippen LogP contribution in [0.4, 0.5) is 0 Å². The molecule has 2 saturated heterocycles. The van der Waals surface area contributed by atoms with E-state index in [4.69, 9.17) is 0 Å². The largest absolute Gasteiger partial charge is 0.385 e. The maximum Gasteiger partial charge on any atom is 0.0919 e. The zero-order valence-corrected chi connectivity index (χ0v) is 13.2. The third kappa shape index (κ3) is 2.58. The van der Waals surface area contributed by atoms with Crippen LogP contribution in [0.3, 0.4) is 0 Å². The molecule has 0 spiro atoms. The molecule has 0 amide bonds. The molecule has 0 radical (unpaired) electrons. The number of aliphatic hydroxyl groups is 1. The summed E-state index contributed by atoms with van der Waals surface area (Å²) in [6.07, 6.45) is 4.45. The van der Waals surface area contributed by atoms with Gasteiger partial charge in [0.1, 0.15) is 0 Å². The Morgan fingerprint density at radius 1 is 1.20 bits per heavy atom. The van der Waals surface area contributed by atoms with Gasteiger partial charge in [0.2, 0.25) is 0 Å². The summed E-state index contributed by atoms with van der Waals surface area (Å²) in [6, 6.07) is 8.43. The van der Waals surface area contributed by atoms with Crippen LogP contribution in [0.2, 0.25) is 0 Å². The Bertz CT molecular complexity index is 490. The van der Waals surface area contributed by atoms with Gasteiger partial charge in [0.05, 0.1) is 5.60 Å². The Kier molecular flexibility index (Phi) is 3.76. The highest BCUT2D eigenvalue weighted by atomic mass is 32.2. The number of hydrogen-bond acceptors (Lipinski definition) is 2. The molecule has 2 fully saturated rings. The molecule has 1 N–H and O–H groups in total. The molecule has 0 saturated carbocycles. The first-order valence-electron chi connectivity index (χ1n) is 7.69. The van der Waals surface area contributed by atoms with E-state index in [-0.39, 0.29) is 10.5 Å². The third-order valence-electron chi connectivity index (χ3n) is 4.73. The summed E-state index contributed by atoms with van der Waals surface area (Å²) in [6.45, 7) is 4.44. The van der Waals surface area contributed by atoms with Crippen molar-refractivity contribution in [1.29, 1.82) is 0 Å². The number of benzene rings is 1. The molecule has 1 aromatic rings. The monoisotopic (exact) mass is 292 g/mol. The van der Waals surface area contributed by atoms with Gasteiger partial charge in [-0.15, -0.1) is 0 Å². The maximum absolute atomic E-state index is 12.1. The first-order valence-corrected chi connectivity index (χ1v) is 8.97. The Balaban J connectivity index is 1.80. The van der Waals surface area contributed by atoms with Crippen molar-refractivity contribution in [2.45, 2.75) is 62.1 Å². The van der Waals surface area contributed by atoms with E-state index < -0.39 is 16.4 Å². The molecule has 2 atom stereocenters. The second-order valence-corrected chi connectivity index (χ2v) is 8.88. The zero-order chi connectivity index (χ0) is 14.3. The second kappa shape index (κ2) is 5.27. The van der Waals surface area contributed by atoms with Gasteiger partial charge in [-0.1, -0.05) is 38.1 Å². The van der Waals surface area contributed by atoms with E-state index in [0.717, 1.165) is 24.8 Å². The number of rotatable bonds is 3. The van der Waals surface area contributed by atoms with Crippen molar-refractivity contribution in [3.05, 3.63) is 35.4 Å². The van der Waals surface area contributed by atoms with E-state index in [2.05, 4.69) is 38.1 Å². The van der Waals surface area contributed by atoms with Gasteiger partial charge in [-0.25, -0.2) is 0 Å². The normalized spacial score (nSPS) is 36.5. The summed E-state index contributed by atoms with van der Waals surface area (Å²) in [4.78, 5) is 0. The van der Waals surface area contributed by atoms with Gasteiger partial charge in [0.15, 0.2) is 0 Å². The Hall–Kier alpha value is -0.670. The molecule has 20 heavy (non-hydrogen) atoms. The molecule has 0 aliphatic carbocycles. The lowest BCUT2D eigenvalue weighted by molar-refractivity contribution is 0.0184. The van der Waals surface area contributed by atoms with E-state index in [1.54, 1.807) is 0 Å². The predicted molar refractivity (Wildman–Crippen MR) is 83.1 cm³/mol. The van der Waals surface area contributed by atoms with Gasteiger partial charge in [0, 0.05) is 21.3 Å². The van der Waals surface area contributed by atoms with E-state index in [1.165, 1.54) is 5.56 Å². The van der Waals surface area contributed by atoms with Gasteiger partial charge in [-0.05, 0) is 49.1 Å². The number of fused-ring (bicyclic) bond motifs is 2. The van der Waals surface area contributed by atoms with Crippen LogP contribution < -0.4 is 0 Å². The summed E-state index contributed by atoms with van der Waals surface area (Å²) in [5.74, 6) is 0.650. The van der Waals surface area contributed by atoms with Crippen LogP contribution in [0.5, 0.6) is 0 Å². The standard InChI is InChI=1S/C17H24O2S/c1-12(2)9-13-3-5-14(6-4-13)17(18)10-15-7-8-16(11-17)20(15)19/h3-6,12,15-16,18H,7-11H2,1-2H3. The molecule has 2 unspecified atom stereocenters. The molecule has 3 rings (SSSR count). The lowest BCUT2D eigenvalue weighted by Crippen LogP contribution is -2.40. The van der Waals surface area contributed by atoms with Crippen LogP contribution in [-0.4, -0.2) is 19.8 Å². The van der Waals surface area contributed by atoms with Crippen molar-refractivity contribution < 1.29 is 9.32 Å². The van der Waals surface area contributed by atoms with E-state index in [1.807, 2.05) is 0 Å². The molecule has 3 heteroatoms. The minimum absolute atomic E-state index is 0.203. The summed E-state index contributed by atoms with van der Waals surface area (Å²) in [5, 5.41) is 11.4. The molecule has 110 valence electrons. The molecule has 2 nitrogen and oxygen atoms in total. The molecule has 2 aliphatic heterocycles. The van der Waals surface area contributed by atoms with Crippen LogP contribution in [0, 0.1) is 5.92 Å². The highest BCUT2D eigenvalue weighted by Gasteiger charge is 2.48. The van der Waals surface area contributed by atoms with E-state index >= 15 is 0 Å². The van der Waals surface area contributed by atoms with Crippen LogP contribution in [0.25, 0.3) is 0 Å². The Labute approximate surface area is 124 Å². The Morgan fingerprint density at radius 2 is 1.75 bits per heavy atom. The molecule has 0 aromatic heterocycles. The zero-order valence-electron chi connectivity index (χ0n) is 12.3. The molecular formula is C17H24O2S. The third-order valence-corrected chi connectivity index (χ3v) is 6.85. The van der Waals surface area contributed by atoms with Crippen molar-refractivity contribution in [2.75, 3.05) is 0 Å². The highest BCUT2D eigenvalue weighted by Crippen LogP contribution is 2.45. The van der Waals surface area contributed by atoms with Gasteiger partial charge >= 0.3 is 0 Å². The number of hydrogen-bond donors (Lipinski definition) is 1. The molecule has 2 bridgehead atoms. The van der Waals surface area contributed by atoms with E-state index in [9.17, 15) is 9.32 Å². The van der Waals surface area contributed by atoms with Crippen molar-refractivity contribution in [3.63, 3.8) is 0 Å². The maximum atomic E-state index is 12.1. The van der Waals surface area contributed by atoms with E-state index in [0.29, 0.717) is 18.8 Å². The van der Waals surface area contributed by atoms with Gasteiger partial charge in [-0.2, -0.15) is 0 Å². The van der Waals surface area contributed by atoms with Gasteiger partial charge < -0.3 is 5.11 Å². The molecular weight excluding hydrogens is 268 g/mol. The fraction of sp³-hybridized carbons (Fsp3) is 0.647. The summed E-state index contributed by atoms with van der Waals surface area (Å²) in [7, 11) is -0.711. The average Bonchev–Trinajstić information content (AvgIpc) is 2.62. The summed E-state index contributed by atoms with van der Waals surface area (Å²) in [5.41, 5.74) is 1.59. The van der Waals surface area contributed by atoms with Gasteiger partial charge in [-0.3, -0.25) is 4.21 Å². The minimum atomic E-state index is -0.754. The average molecular weight is 292 g/mol. The quantitative estimate of drug-likeness (QED) is 0.929. The van der Waals surface area contributed by atoms with Crippen molar-refractivity contribution >= 4 is 10.8 Å². The smallest absolute Gasteiger partial charge is 0.0919 e. The van der Waals surface area contributed by atoms with Crippen LogP contribution >= 0.6 is 0 Å². The lowest BCUT2D eigenvalue weighted by atomic mass is 9.85. The first-order chi connectivity index (χ1) is 9.48. The SMILES string of the molecule is CC(C)Cc1ccc(C2(O)CC3CCC(C2)S3=O)cc1. The molecule has 1 aromatic carbocycles. The fourth-order valence-electron chi connectivity index (χ4n) is 3.74. The Morgan fingerprint density at radius 3 is 2.25 bits per heavy atom. The van der Waals surface area contributed by atoms with Crippen molar-refractivity contribution in [3.8, 4) is 0 Å². The van der Waals surface area contributed by atoms with Crippen molar-refractivity contribution in [1.82, 2.24) is 0 Å². The minimum Gasteiger partial charge on any atom is -0.385 e. The van der Waals surface area contributed by atoms with Crippen molar-refractivity contribution in [2.24, 2.45) is 5.92 Å². The summed E-state index contributed by atoms with van der Waals surface area (Å²) >= 11 is 0. The summed E-state index contributed by atoms with van der Waals surface area (Å²) < 4.78 is 12.1. The van der Waals surface area contributed by atoms with Crippen LogP contribution in [0.15, 0.2) is 24.3 Å². The fourth-order valence-corrected chi connectivity index (χ4v) is 5.90. The molecule has 2 heterocycles. The lowest BCUT2D eigenvalue weighted by Gasteiger charge is -2.36. The first kappa shape index (κ1) is 14.3. The predicted octanol–water partition coefficient (Wildman–Crippen LogP) is 3.15.